The van der Waals surface area contributed by atoms with Gasteiger partial charge in [-0.2, -0.15) is 5.10 Å². The molecular weight excluding hydrogens is 334 g/mol. The fourth-order valence-corrected chi connectivity index (χ4v) is 4.00. The summed E-state index contributed by atoms with van der Waals surface area (Å²) in [7, 11) is 1.63. The molecule has 0 spiro atoms. The van der Waals surface area contributed by atoms with Crippen LogP contribution in [0.1, 0.15) is 42.3 Å². The normalized spacial score (nSPS) is 19.0. The minimum Gasteiger partial charge on any atom is -0.497 e. The largest absolute Gasteiger partial charge is 0.497 e. The number of nitrogens with one attached hydrogen (secondary N) is 1. The zero-order valence-corrected chi connectivity index (χ0v) is 15.4. The third-order valence-corrected chi connectivity index (χ3v) is 5.60. The fourth-order valence-electron chi connectivity index (χ4n) is 3.02. The Kier molecular flexibility index (Phi) is 5.38. The van der Waals surface area contributed by atoms with Gasteiger partial charge in [-0.3, -0.25) is 4.79 Å². The number of rotatable bonds is 4. The van der Waals surface area contributed by atoms with Gasteiger partial charge in [0.1, 0.15) is 10.6 Å². The number of ether oxygens (including phenoxy) is 1. The molecule has 1 aromatic heterocycles. The van der Waals surface area contributed by atoms with Gasteiger partial charge < -0.3 is 10.5 Å². The Morgan fingerprint density at radius 2 is 2.12 bits per heavy atom. The monoisotopic (exact) mass is 357 g/mol. The van der Waals surface area contributed by atoms with Crippen LogP contribution >= 0.6 is 11.3 Å². The zero-order valence-electron chi connectivity index (χ0n) is 14.5. The minimum atomic E-state index is -0.243. The summed E-state index contributed by atoms with van der Waals surface area (Å²) < 4.78 is 5.17. The maximum atomic E-state index is 12.4. The van der Waals surface area contributed by atoms with Crippen LogP contribution in [0.25, 0.3) is 10.4 Å². The van der Waals surface area contributed by atoms with Crippen LogP contribution in [0.5, 0.6) is 5.75 Å². The van der Waals surface area contributed by atoms with E-state index in [1.165, 1.54) is 17.8 Å². The summed E-state index contributed by atoms with van der Waals surface area (Å²) in [6.07, 6.45) is 4.29. The first kappa shape index (κ1) is 17.5. The molecule has 0 aliphatic heterocycles. The van der Waals surface area contributed by atoms with Gasteiger partial charge in [-0.25, -0.2) is 5.43 Å². The molecule has 25 heavy (non-hydrogen) atoms. The summed E-state index contributed by atoms with van der Waals surface area (Å²) in [5, 5.41) is 4.31. The van der Waals surface area contributed by atoms with Crippen molar-refractivity contribution in [3.05, 3.63) is 35.2 Å². The van der Waals surface area contributed by atoms with Gasteiger partial charge in [0.25, 0.3) is 5.91 Å². The summed E-state index contributed by atoms with van der Waals surface area (Å²) in [6.45, 7) is 2.22. The van der Waals surface area contributed by atoms with Crippen LogP contribution in [0.15, 0.2) is 35.4 Å². The molecule has 1 fully saturated rings. The lowest BCUT2D eigenvalue weighted by Crippen LogP contribution is -2.22. The summed E-state index contributed by atoms with van der Waals surface area (Å²) in [4.78, 5) is 13.9. The van der Waals surface area contributed by atoms with Crippen molar-refractivity contribution < 1.29 is 9.53 Å². The average Bonchev–Trinajstić information content (AvgIpc) is 3.02. The molecule has 1 heterocycles. The van der Waals surface area contributed by atoms with Crippen LogP contribution in [0.4, 0.5) is 5.69 Å². The number of hydrazone groups is 1. The van der Waals surface area contributed by atoms with Gasteiger partial charge in [-0.15, -0.1) is 11.3 Å². The van der Waals surface area contributed by atoms with E-state index in [2.05, 4.69) is 17.5 Å². The summed E-state index contributed by atoms with van der Waals surface area (Å²) in [6, 6.07) is 9.52. The quantitative estimate of drug-likeness (QED) is 0.801. The van der Waals surface area contributed by atoms with Gasteiger partial charge in [-0.05, 0) is 67.5 Å². The fraction of sp³-hybridized carbons (Fsp3) is 0.368. The second kappa shape index (κ2) is 7.70. The molecule has 1 aliphatic carbocycles. The number of hydrogen-bond acceptors (Lipinski definition) is 5. The van der Waals surface area contributed by atoms with E-state index >= 15 is 0 Å². The van der Waals surface area contributed by atoms with Crippen LogP contribution in [0.3, 0.4) is 0 Å². The Morgan fingerprint density at radius 3 is 2.80 bits per heavy atom. The lowest BCUT2D eigenvalue weighted by atomic mass is 9.89. The highest BCUT2D eigenvalue weighted by Gasteiger charge is 2.17. The van der Waals surface area contributed by atoms with E-state index in [1.54, 1.807) is 7.11 Å². The molecule has 0 saturated heterocycles. The summed E-state index contributed by atoms with van der Waals surface area (Å²) in [5.74, 6) is 1.19. The molecule has 1 aliphatic rings. The van der Waals surface area contributed by atoms with Gasteiger partial charge in [-0.1, -0.05) is 6.92 Å². The molecule has 3 rings (SSSR count). The minimum absolute atomic E-state index is 0.243. The highest BCUT2D eigenvalue weighted by atomic mass is 32.1. The van der Waals surface area contributed by atoms with Crippen LogP contribution < -0.4 is 15.9 Å². The van der Waals surface area contributed by atoms with E-state index in [0.717, 1.165) is 41.2 Å². The molecule has 0 unspecified atom stereocenters. The van der Waals surface area contributed by atoms with Gasteiger partial charge in [0.2, 0.25) is 0 Å². The van der Waals surface area contributed by atoms with Crippen molar-refractivity contribution in [2.75, 3.05) is 12.8 Å². The molecule has 6 heteroatoms. The number of nitrogen functional groups attached to an aromatic ring is 1. The SMILES string of the molecule is COc1ccc(-c2cc(N)c(C(=O)N/N=C3/CCC[C@H](C)C3)s2)cc1. The highest BCUT2D eigenvalue weighted by Crippen LogP contribution is 2.34. The third kappa shape index (κ3) is 4.20. The van der Waals surface area contributed by atoms with Gasteiger partial charge in [0, 0.05) is 10.6 Å². The zero-order chi connectivity index (χ0) is 17.8. The summed E-state index contributed by atoms with van der Waals surface area (Å²) >= 11 is 1.37. The molecule has 132 valence electrons. The number of nitrogens with zero attached hydrogens (tertiary/aromatic N) is 1. The van der Waals surface area contributed by atoms with Gasteiger partial charge in [0.05, 0.1) is 12.8 Å². The predicted molar refractivity (Wildman–Crippen MR) is 103 cm³/mol. The molecular formula is C19H23N3O2S. The topological polar surface area (TPSA) is 76.7 Å². The molecule has 5 nitrogen and oxygen atoms in total. The second-order valence-corrected chi connectivity index (χ2v) is 7.50. The first-order valence-corrected chi connectivity index (χ1v) is 9.28. The molecule has 1 aromatic carbocycles. The lowest BCUT2D eigenvalue weighted by molar-refractivity contribution is 0.0959. The third-order valence-electron chi connectivity index (χ3n) is 4.40. The van der Waals surface area contributed by atoms with Crippen molar-refractivity contribution >= 4 is 28.6 Å². The van der Waals surface area contributed by atoms with Crippen molar-refractivity contribution in [3.8, 4) is 16.2 Å². The Hall–Kier alpha value is -2.34. The number of thiophene rings is 1. The Bertz CT molecular complexity index is 780. The average molecular weight is 357 g/mol. The van der Waals surface area contributed by atoms with Crippen LogP contribution in [0.2, 0.25) is 0 Å². The molecule has 2 aromatic rings. The van der Waals surface area contributed by atoms with Gasteiger partial charge >= 0.3 is 0 Å². The van der Waals surface area contributed by atoms with Gasteiger partial charge in [0.15, 0.2) is 0 Å². The molecule has 0 radical (unpaired) electrons. The highest BCUT2D eigenvalue weighted by molar-refractivity contribution is 7.18. The van der Waals surface area contributed by atoms with E-state index in [1.807, 2.05) is 30.3 Å². The van der Waals surface area contributed by atoms with E-state index in [0.29, 0.717) is 16.5 Å². The van der Waals surface area contributed by atoms with Crippen LogP contribution in [-0.4, -0.2) is 18.7 Å². The smallest absolute Gasteiger partial charge is 0.283 e. The van der Waals surface area contributed by atoms with Crippen molar-refractivity contribution in [1.29, 1.82) is 0 Å². The van der Waals surface area contributed by atoms with E-state index in [9.17, 15) is 4.79 Å². The molecule has 1 saturated carbocycles. The van der Waals surface area contributed by atoms with Crippen LogP contribution in [-0.2, 0) is 0 Å². The number of anilines is 1. The Balaban J connectivity index is 1.72. The number of carbonyl (C=O) groups is 1. The van der Waals surface area contributed by atoms with Crippen molar-refractivity contribution in [1.82, 2.24) is 5.43 Å². The summed E-state index contributed by atoms with van der Waals surface area (Å²) in [5.41, 5.74) is 11.3. The second-order valence-electron chi connectivity index (χ2n) is 6.44. The van der Waals surface area contributed by atoms with E-state index < -0.39 is 0 Å². The number of benzene rings is 1. The van der Waals surface area contributed by atoms with Crippen LogP contribution in [0, 0.1) is 5.92 Å². The molecule has 1 atom stereocenters. The Morgan fingerprint density at radius 1 is 1.36 bits per heavy atom. The first-order valence-electron chi connectivity index (χ1n) is 8.46. The molecule has 3 N–H and O–H groups in total. The number of carbonyl (C=O) groups excluding carboxylic acids is 1. The van der Waals surface area contributed by atoms with E-state index in [4.69, 9.17) is 10.5 Å². The first-order chi connectivity index (χ1) is 12.1. The number of methoxy groups -OCH3 is 1. The predicted octanol–water partition coefficient (Wildman–Crippen LogP) is 4.30. The maximum Gasteiger partial charge on any atom is 0.283 e. The van der Waals surface area contributed by atoms with E-state index in [-0.39, 0.29) is 5.91 Å². The van der Waals surface area contributed by atoms with Crippen molar-refractivity contribution in [3.63, 3.8) is 0 Å². The number of hydrogen-bond donors (Lipinski definition) is 2. The number of nitrogens with two attached hydrogens (primary N) is 1. The standard InChI is InChI=1S/C19H23N3O2S/c1-12-4-3-5-14(10-12)21-22-19(23)18-16(20)11-17(25-18)13-6-8-15(24-2)9-7-13/h6-9,11-12H,3-5,10,20H2,1-2H3,(H,22,23)/b21-14-/t12-/m0/s1. The number of amides is 1. The van der Waals surface area contributed by atoms with Crippen molar-refractivity contribution in [2.45, 2.75) is 32.6 Å². The lowest BCUT2D eigenvalue weighted by Gasteiger charge is -2.18. The maximum absolute atomic E-state index is 12.4. The van der Waals surface area contributed by atoms with Crippen molar-refractivity contribution in [2.24, 2.45) is 11.0 Å². The molecule has 0 bridgehead atoms. The Labute approximate surface area is 151 Å². The molecule has 1 amide bonds.